The van der Waals surface area contributed by atoms with Gasteiger partial charge in [-0.05, 0) is 66.2 Å². The Balaban J connectivity index is 1.65. The molecule has 2 unspecified atom stereocenters. The van der Waals surface area contributed by atoms with Gasteiger partial charge in [-0.1, -0.05) is 74.4 Å². The third-order valence-electron chi connectivity index (χ3n) is 5.54. The van der Waals surface area contributed by atoms with Crippen molar-refractivity contribution in [2.24, 2.45) is 5.92 Å². The Kier molecular flexibility index (Phi) is 5.91. The van der Waals surface area contributed by atoms with E-state index in [4.69, 9.17) is 0 Å². The van der Waals surface area contributed by atoms with Gasteiger partial charge in [0.05, 0.1) is 0 Å². The van der Waals surface area contributed by atoms with Gasteiger partial charge in [0.2, 0.25) is 0 Å². The van der Waals surface area contributed by atoms with Gasteiger partial charge in [-0.15, -0.1) is 6.58 Å². The number of allylic oxidation sites excluding steroid dienone is 1. The molecule has 0 saturated heterocycles. The van der Waals surface area contributed by atoms with E-state index < -0.39 is 0 Å². The van der Waals surface area contributed by atoms with Crippen LogP contribution in [0.25, 0.3) is 11.1 Å². The predicted octanol–water partition coefficient (Wildman–Crippen LogP) is 7.16. The zero-order valence-electron chi connectivity index (χ0n) is 15.0. The zero-order valence-corrected chi connectivity index (χ0v) is 15.0. The normalized spacial score (nSPS) is 20.2. The lowest BCUT2D eigenvalue weighted by atomic mass is 9.93. The molecule has 126 valence electrons. The highest BCUT2D eigenvalue weighted by molar-refractivity contribution is 5.64. The Morgan fingerprint density at radius 2 is 1.62 bits per heavy atom. The van der Waals surface area contributed by atoms with Crippen LogP contribution in [0.2, 0.25) is 0 Å². The van der Waals surface area contributed by atoms with Crippen molar-refractivity contribution in [3.63, 3.8) is 0 Å². The molecule has 0 bridgehead atoms. The van der Waals surface area contributed by atoms with Crippen molar-refractivity contribution in [2.45, 2.75) is 57.8 Å². The van der Waals surface area contributed by atoms with Gasteiger partial charge in [-0.25, -0.2) is 0 Å². The third kappa shape index (κ3) is 4.17. The second-order valence-electron chi connectivity index (χ2n) is 7.31. The lowest BCUT2D eigenvalue weighted by Crippen LogP contribution is -1.95. The van der Waals surface area contributed by atoms with E-state index in [9.17, 15) is 0 Å². The van der Waals surface area contributed by atoms with Crippen LogP contribution in [0.15, 0.2) is 61.2 Å². The summed E-state index contributed by atoms with van der Waals surface area (Å²) in [6.07, 6.45) is 11.1. The van der Waals surface area contributed by atoms with E-state index in [1.807, 2.05) is 6.08 Å². The summed E-state index contributed by atoms with van der Waals surface area (Å²) >= 11 is 0. The van der Waals surface area contributed by atoms with E-state index in [2.05, 4.69) is 62.0 Å². The highest BCUT2D eigenvalue weighted by Gasteiger charge is 2.24. The molecule has 0 aliphatic heterocycles. The van der Waals surface area contributed by atoms with Gasteiger partial charge in [-0.2, -0.15) is 0 Å². The topological polar surface area (TPSA) is 0 Å². The summed E-state index contributed by atoms with van der Waals surface area (Å²) in [7, 11) is 0. The average Bonchev–Trinajstić information content (AvgIpc) is 3.10. The molecule has 1 aliphatic rings. The summed E-state index contributed by atoms with van der Waals surface area (Å²) in [6.45, 7) is 6.11. The van der Waals surface area contributed by atoms with Crippen molar-refractivity contribution in [3.05, 3.63) is 72.3 Å². The number of hydrogen-bond acceptors (Lipinski definition) is 0. The van der Waals surface area contributed by atoms with Crippen LogP contribution in [-0.2, 0) is 6.42 Å². The molecule has 0 heterocycles. The Labute approximate surface area is 147 Å². The molecule has 0 nitrogen and oxygen atoms in total. The molecular formula is C24H30. The molecule has 1 aliphatic carbocycles. The van der Waals surface area contributed by atoms with Crippen LogP contribution in [0, 0.1) is 5.92 Å². The molecular weight excluding hydrogens is 288 g/mol. The first-order chi connectivity index (χ1) is 11.8. The first-order valence-corrected chi connectivity index (χ1v) is 9.60. The lowest BCUT2D eigenvalue weighted by molar-refractivity contribution is 0.489. The Morgan fingerprint density at radius 1 is 0.958 bits per heavy atom. The van der Waals surface area contributed by atoms with Crippen LogP contribution in [0.1, 0.15) is 62.5 Å². The third-order valence-corrected chi connectivity index (χ3v) is 5.54. The SMILES string of the molecule is C=CCCc1ccc(-c2ccc(C3CCC(CCC)C3)cc2)cc1. The summed E-state index contributed by atoms with van der Waals surface area (Å²) in [5.41, 5.74) is 5.58. The highest BCUT2D eigenvalue weighted by atomic mass is 14.3. The molecule has 24 heavy (non-hydrogen) atoms. The summed E-state index contributed by atoms with van der Waals surface area (Å²) < 4.78 is 0. The molecule has 0 heteroatoms. The standard InChI is InChI=1S/C24H30/c1-3-5-7-19-8-11-21(12-9-19)22-14-16-23(17-15-22)24-13-10-20(18-24)6-4-2/h3,8-9,11-12,14-17,20,24H,1,4-7,10,13,18H2,2H3. The monoisotopic (exact) mass is 318 g/mol. The van der Waals surface area contributed by atoms with Crippen LogP contribution in [-0.4, -0.2) is 0 Å². The fourth-order valence-corrected chi connectivity index (χ4v) is 4.13. The van der Waals surface area contributed by atoms with Crippen molar-refractivity contribution in [1.29, 1.82) is 0 Å². The molecule has 1 saturated carbocycles. The smallest absolute Gasteiger partial charge is 0.0159 e. The minimum absolute atomic E-state index is 0.789. The van der Waals surface area contributed by atoms with Crippen LogP contribution in [0.3, 0.4) is 0 Å². The average molecular weight is 319 g/mol. The van der Waals surface area contributed by atoms with Gasteiger partial charge in [0.15, 0.2) is 0 Å². The lowest BCUT2D eigenvalue weighted by Gasteiger charge is -2.12. The minimum Gasteiger partial charge on any atom is -0.103 e. The fraction of sp³-hybridized carbons (Fsp3) is 0.417. The maximum absolute atomic E-state index is 3.80. The van der Waals surface area contributed by atoms with Gasteiger partial charge in [0.1, 0.15) is 0 Å². The molecule has 3 rings (SSSR count). The molecule has 2 aromatic rings. The van der Waals surface area contributed by atoms with E-state index >= 15 is 0 Å². The second kappa shape index (κ2) is 8.33. The molecule has 2 aromatic carbocycles. The first kappa shape index (κ1) is 17.0. The maximum Gasteiger partial charge on any atom is -0.0159 e. The Morgan fingerprint density at radius 3 is 2.25 bits per heavy atom. The summed E-state index contributed by atoms with van der Waals surface area (Å²) in [4.78, 5) is 0. The van der Waals surface area contributed by atoms with Crippen LogP contribution < -0.4 is 0 Å². The molecule has 0 spiro atoms. The van der Waals surface area contributed by atoms with Gasteiger partial charge in [0.25, 0.3) is 0 Å². The summed E-state index contributed by atoms with van der Waals surface area (Å²) in [5, 5.41) is 0. The highest BCUT2D eigenvalue weighted by Crippen LogP contribution is 2.40. The van der Waals surface area contributed by atoms with Crippen molar-refractivity contribution in [2.75, 3.05) is 0 Å². The molecule has 1 fully saturated rings. The van der Waals surface area contributed by atoms with E-state index in [1.165, 1.54) is 48.8 Å². The second-order valence-corrected chi connectivity index (χ2v) is 7.31. The van der Waals surface area contributed by atoms with Crippen LogP contribution in [0.5, 0.6) is 0 Å². The Hall–Kier alpha value is -1.82. The van der Waals surface area contributed by atoms with E-state index in [-0.39, 0.29) is 0 Å². The Bertz CT molecular complexity index is 633. The van der Waals surface area contributed by atoms with Crippen LogP contribution >= 0.6 is 0 Å². The van der Waals surface area contributed by atoms with E-state index in [0.29, 0.717) is 0 Å². The number of benzene rings is 2. The molecule has 0 amide bonds. The van der Waals surface area contributed by atoms with E-state index in [1.54, 1.807) is 5.56 Å². The van der Waals surface area contributed by atoms with Gasteiger partial charge < -0.3 is 0 Å². The van der Waals surface area contributed by atoms with Crippen molar-refractivity contribution in [1.82, 2.24) is 0 Å². The quantitative estimate of drug-likeness (QED) is 0.475. The van der Waals surface area contributed by atoms with Crippen LogP contribution in [0.4, 0.5) is 0 Å². The van der Waals surface area contributed by atoms with Gasteiger partial charge in [-0.3, -0.25) is 0 Å². The zero-order chi connectivity index (χ0) is 16.8. The summed E-state index contributed by atoms with van der Waals surface area (Å²) in [5.74, 6) is 1.75. The molecule has 2 atom stereocenters. The van der Waals surface area contributed by atoms with Crippen molar-refractivity contribution in [3.8, 4) is 11.1 Å². The predicted molar refractivity (Wildman–Crippen MR) is 105 cm³/mol. The van der Waals surface area contributed by atoms with Crippen molar-refractivity contribution >= 4 is 0 Å². The number of aryl methyl sites for hydroxylation is 1. The minimum atomic E-state index is 0.789. The molecule has 0 aromatic heterocycles. The first-order valence-electron chi connectivity index (χ1n) is 9.60. The molecule has 0 radical (unpaired) electrons. The fourth-order valence-electron chi connectivity index (χ4n) is 4.13. The number of rotatable bonds is 7. The molecule has 0 N–H and O–H groups in total. The van der Waals surface area contributed by atoms with Gasteiger partial charge >= 0.3 is 0 Å². The number of hydrogen-bond donors (Lipinski definition) is 0. The van der Waals surface area contributed by atoms with Gasteiger partial charge in [0, 0.05) is 0 Å². The maximum atomic E-state index is 3.80. The summed E-state index contributed by atoms with van der Waals surface area (Å²) in [6, 6.07) is 18.3. The van der Waals surface area contributed by atoms with E-state index in [0.717, 1.165) is 24.7 Å². The van der Waals surface area contributed by atoms with Crippen molar-refractivity contribution < 1.29 is 0 Å². The largest absolute Gasteiger partial charge is 0.103 e.